The van der Waals surface area contributed by atoms with E-state index in [1.807, 2.05) is 12.3 Å². The van der Waals surface area contributed by atoms with Gasteiger partial charge in [-0.1, -0.05) is 46.7 Å². The van der Waals surface area contributed by atoms with Crippen LogP contribution >= 0.6 is 0 Å². The molecule has 0 saturated heterocycles. The first-order chi connectivity index (χ1) is 12.9. The van der Waals surface area contributed by atoms with Crippen molar-refractivity contribution in [1.82, 2.24) is 5.16 Å². The van der Waals surface area contributed by atoms with Gasteiger partial charge in [0, 0.05) is 12.3 Å². The Morgan fingerprint density at radius 2 is 1.67 bits per heavy atom. The third-order valence-corrected chi connectivity index (χ3v) is 3.71. The molecule has 0 aromatic carbocycles. The van der Waals surface area contributed by atoms with Gasteiger partial charge in [-0.3, -0.25) is 4.99 Å². The molecular weight excluding hydrogens is 336 g/mol. The van der Waals surface area contributed by atoms with Crippen molar-refractivity contribution in [1.29, 1.82) is 0 Å². The zero-order chi connectivity index (χ0) is 20.1. The molecule has 0 N–H and O–H groups in total. The second kappa shape index (κ2) is 13.2. The molecule has 2 aliphatic heterocycles. The maximum atomic E-state index is 4.67. The lowest BCUT2D eigenvalue weighted by molar-refractivity contribution is 0.407. The van der Waals surface area contributed by atoms with Crippen molar-refractivity contribution in [3.8, 4) is 0 Å². The molecule has 27 heavy (non-hydrogen) atoms. The normalized spacial score (nSPS) is 14.9. The second-order valence-corrected chi connectivity index (χ2v) is 8.22. The quantitative estimate of drug-likeness (QED) is 0.588. The first-order valence-electron chi connectivity index (χ1n) is 10.0. The fourth-order valence-corrected chi connectivity index (χ4v) is 2.66. The predicted octanol–water partition coefficient (Wildman–Crippen LogP) is 6.30. The molecule has 150 valence electrons. The van der Waals surface area contributed by atoms with Gasteiger partial charge in [0.25, 0.3) is 0 Å². The van der Waals surface area contributed by atoms with Crippen LogP contribution in [-0.2, 0) is 6.42 Å². The van der Waals surface area contributed by atoms with Crippen molar-refractivity contribution in [2.24, 2.45) is 33.0 Å². The van der Waals surface area contributed by atoms with Crippen LogP contribution in [0, 0.1) is 17.8 Å². The van der Waals surface area contributed by atoms with Crippen molar-refractivity contribution in [2.45, 2.75) is 60.8 Å². The Labute approximate surface area is 164 Å². The fourth-order valence-electron chi connectivity index (χ4n) is 2.66. The van der Waals surface area contributed by atoms with E-state index < -0.39 is 0 Å². The van der Waals surface area contributed by atoms with Crippen LogP contribution in [0.1, 0.15) is 60.1 Å². The maximum Gasteiger partial charge on any atom is 0.124 e. The number of azo groups is 1. The molecule has 0 amide bonds. The van der Waals surface area contributed by atoms with Gasteiger partial charge in [-0.05, 0) is 54.7 Å². The molecule has 1 aromatic heterocycles. The molecule has 0 aliphatic carbocycles. The lowest BCUT2D eigenvalue weighted by atomic mass is 10.0. The van der Waals surface area contributed by atoms with Crippen molar-refractivity contribution in [2.75, 3.05) is 13.1 Å². The molecule has 5 heteroatoms. The fraction of sp³-hybridized carbons (Fsp3) is 0.636. The SMILES string of the molecule is CC(C)CC1=CC=NC1.CC(C)CC1=CCN=N1.CC(C)Cc1ccon1. The molecule has 5 nitrogen and oxygen atoms in total. The largest absolute Gasteiger partial charge is 0.365 e. The van der Waals surface area contributed by atoms with Crippen molar-refractivity contribution < 1.29 is 4.52 Å². The summed E-state index contributed by atoms with van der Waals surface area (Å²) < 4.78 is 4.67. The third kappa shape index (κ3) is 12.1. The minimum atomic E-state index is 0.662. The van der Waals surface area contributed by atoms with Gasteiger partial charge in [-0.25, -0.2) is 0 Å². The van der Waals surface area contributed by atoms with Gasteiger partial charge >= 0.3 is 0 Å². The average Bonchev–Trinajstić information content (AvgIpc) is 3.30. The molecule has 0 saturated carbocycles. The van der Waals surface area contributed by atoms with E-state index in [4.69, 9.17) is 0 Å². The Morgan fingerprint density at radius 3 is 2.11 bits per heavy atom. The van der Waals surface area contributed by atoms with Gasteiger partial charge in [0.2, 0.25) is 0 Å². The highest BCUT2D eigenvalue weighted by molar-refractivity contribution is 5.75. The molecule has 0 spiro atoms. The van der Waals surface area contributed by atoms with Crippen molar-refractivity contribution in [3.05, 3.63) is 41.4 Å². The van der Waals surface area contributed by atoms with Gasteiger partial charge in [-0.15, -0.1) is 0 Å². The Balaban J connectivity index is 0.000000202. The van der Waals surface area contributed by atoms with E-state index in [0.29, 0.717) is 11.8 Å². The van der Waals surface area contributed by atoms with E-state index in [1.165, 1.54) is 12.0 Å². The number of hydrogen-bond donors (Lipinski definition) is 0. The summed E-state index contributed by atoms with van der Waals surface area (Å²) in [4.78, 5) is 4.10. The number of allylic oxidation sites excluding steroid dienone is 2. The zero-order valence-corrected chi connectivity index (χ0v) is 17.9. The molecule has 1 aromatic rings. The minimum absolute atomic E-state index is 0.662. The van der Waals surface area contributed by atoms with Crippen LogP contribution in [-0.4, -0.2) is 24.5 Å². The van der Waals surface area contributed by atoms with Crippen LogP contribution in [0.4, 0.5) is 0 Å². The van der Waals surface area contributed by atoms with Crippen molar-refractivity contribution >= 4 is 6.21 Å². The van der Waals surface area contributed by atoms with E-state index >= 15 is 0 Å². The first kappa shape index (κ1) is 23.0. The predicted molar refractivity (Wildman–Crippen MR) is 113 cm³/mol. The summed E-state index contributed by atoms with van der Waals surface area (Å²) in [5.74, 6) is 2.14. The summed E-state index contributed by atoms with van der Waals surface area (Å²) >= 11 is 0. The van der Waals surface area contributed by atoms with Gasteiger partial charge in [0.05, 0.1) is 24.5 Å². The number of nitrogens with zero attached hydrogens (tertiary/aromatic N) is 4. The van der Waals surface area contributed by atoms with E-state index in [9.17, 15) is 0 Å². The highest BCUT2D eigenvalue weighted by atomic mass is 16.5. The Hall–Kier alpha value is -2.04. The number of aromatic nitrogens is 1. The summed E-state index contributed by atoms with van der Waals surface area (Å²) in [6, 6.07) is 1.90. The summed E-state index contributed by atoms with van der Waals surface area (Å²) in [5, 5.41) is 11.6. The van der Waals surface area contributed by atoms with Crippen LogP contribution in [0.15, 0.2) is 55.5 Å². The van der Waals surface area contributed by atoms with E-state index in [0.717, 1.165) is 43.2 Å². The smallest absolute Gasteiger partial charge is 0.124 e. The lowest BCUT2D eigenvalue weighted by Gasteiger charge is -2.02. The highest BCUT2D eigenvalue weighted by Gasteiger charge is 2.02. The van der Waals surface area contributed by atoms with Gasteiger partial charge in [0.15, 0.2) is 0 Å². The van der Waals surface area contributed by atoms with Crippen LogP contribution in [0.5, 0.6) is 0 Å². The molecular formula is C22H36N4O. The molecule has 0 atom stereocenters. The number of hydrogen-bond acceptors (Lipinski definition) is 5. The second-order valence-electron chi connectivity index (χ2n) is 8.22. The van der Waals surface area contributed by atoms with Gasteiger partial charge in [0.1, 0.15) is 6.26 Å². The maximum absolute atomic E-state index is 4.67. The topological polar surface area (TPSA) is 63.1 Å². The molecule has 0 bridgehead atoms. The highest BCUT2D eigenvalue weighted by Crippen LogP contribution is 2.15. The molecule has 3 heterocycles. The van der Waals surface area contributed by atoms with Gasteiger partial charge < -0.3 is 4.52 Å². The summed E-state index contributed by atoms with van der Waals surface area (Å²) in [6.45, 7) is 14.9. The molecule has 0 unspecified atom stereocenters. The number of rotatable bonds is 6. The van der Waals surface area contributed by atoms with E-state index in [-0.39, 0.29) is 0 Å². The minimum Gasteiger partial charge on any atom is -0.365 e. The zero-order valence-electron chi connectivity index (χ0n) is 17.9. The van der Waals surface area contributed by atoms with E-state index in [1.54, 1.807) is 6.26 Å². The lowest BCUT2D eigenvalue weighted by Crippen LogP contribution is -1.92. The van der Waals surface area contributed by atoms with Crippen LogP contribution in [0.25, 0.3) is 0 Å². The summed E-state index contributed by atoms with van der Waals surface area (Å²) in [6.07, 6.45) is 11.0. The molecule has 0 fully saturated rings. The third-order valence-electron chi connectivity index (χ3n) is 3.71. The Bertz CT molecular complexity index is 623. The monoisotopic (exact) mass is 372 g/mol. The molecule has 2 aliphatic rings. The molecule has 3 rings (SSSR count). The number of aliphatic imine (C=N–C) groups is 1. The van der Waals surface area contributed by atoms with Crippen LogP contribution in [0.2, 0.25) is 0 Å². The van der Waals surface area contributed by atoms with E-state index in [2.05, 4.69) is 78.6 Å². The van der Waals surface area contributed by atoms with Crippen molar-refractivity contribution in [3.63, 3.8) is 0 Å². The summed E-state index contributed by atoms with van der Waals surface area (Å²) in [7, 11) is 0. The Kier molecular flexibility index (Phi) is 11.2. The first-order valence-corrected chi connectivity index (χ1v) is 10.0. The van der Waals surface area contributed by atoms with Crippen LogP contribution < -0.4 is 0 Å². The average molecular weight is 373 g/mol. The summed E-state index contributed by atoms with van der Waals surface area (Å²) in [5.41, 5.74) is 3.68. The molecule has 0 radical (unpaired) electrons. The Morgan fingerprint density at radius 1 is 0.963 bits per heavy atom. The standard InChI is InChI=1S/C8H13N.C7H12N2.C7H11NO/c1-7(2)5-8-3-4-9-6-8;1-6(2)5-7-3-4-8-9-7;1-6(2)5-7-3-4-9-8-7/h3-4,7H,5-6H2,1-2H3;3,6H,4-5H2,1-2H3;3-4,6H,5H2,1-2H3. The van der Waals surface area contributed by atoms with Gasteiger partial charge in [-0.2, -0.15) is 10.2 Å². The van der Waals surface area contributed by atoms with Crippen LogP contribution in [0.3, 0.4) is 0 Å².